The highest BCUT2D eigenvalue weighted by atomic mass is 35.5. The van der Waals surface area contributed by atoms with Gasteiger partial charge in [0.05, 0.1) is 6.54 Å². The number of piperazine rings is 1. The van der Waals surface area contributed by atoms with Gasteiger partial charge in [0.2, 0.25) is 5.91 Å². The van der Waals surface area contributed by atoms with E-state index in [1.807, 2.05) is 11.9 Å². The van der Waals surface area contributed by atoms with E-state index in [4.69, 9.17) is 0 Å². The average molecular weight is 354 g/mol. The lowest BCUT2D eigenvalue weighted by atomic mass is 10.3. The Hall–Kier alpha value is -1.51. The van der Waals surface area contributed by atoms with E-state index in [0.29, 0.717) is 5.69 Å². The number of halogens is 4. The van der Waals surface area contributed by atoms with Crippen LogP contribution >= 0.6 is 12.4 Å². The standard InChI is InChI=1S/C14H18F3N3O2.ClH/c1-19-6-8-20(9-7-19)10-13(21)18-11-2-4-12(5-3-11)22-14(15,16)17;/h2-5H,6-10H2,1H3,(H,18,21);1H. The molecule has 0 spiro atoms. The van der Waals surface area contributed by atoms with Crippen molar-refractivity contribution in [3.8, 4) is 5.75 Å². The van der Waals surface area contributed by atoms with Crippen LogP contribution in [0.15, 0.2) is 24.3 Å². The molecule has 0 saturated carbocycles. The van der Waals surface area contributed by atoms with Crippen LogP contribution in [0, 0.1) is 0 Å². The molecule has 1 heterocycles. The molecule has 0 bridgehead atoms. The van der Waals surface area contributed by atoms with Crippen molar-refractivity contribution in [3.05, 3.63) is 24.3 Å². The minimum absolute atomic E-state index is 0. The van der Waals surface area contributed by atoms with Gasteiger partial charge in [0.1, 0.15) is 5.75 Å². The molecule has 1 saturated heterocycles. The second kappa shape index (κ2) is 8.37. The maximum Gasteiger partial charge on any atom is 0.573 e. The summed E-state index contributed by atoms with van der Waals surface area (Å²) in [6.07, 6.45) is -4.72. The highest BCUT2D eigenvalue weighted by Crippen LogP contribution is 2.23. The van der Waals surface area contributed by atoms with Gasteiger partial charge in [-0.1, -0.05) is 0 Å². The van der Waals surface area contributed by atoms with Gasteiger partial charge in [-0.25, -0.2) is 0 Å². The van der Waals surface area contributed by atoms with Crippen molar-refractivity contribution in [2.75, 3.05) is 45.1 Å². The smallest absolute Gasteiger partial charge is 0.406 e. The van der Waals surface area contributed by atoms with Gasteiger partial charge in [-0.3, -0.25) is 9.69 Å². The van der Waals surface area contributed by atoms with Crippen molar-refractivity contribution in [1.82, 2.24) is 9.80 Å². The highest BCUT2D eigenvalue weighted by Gasteiger charge is 2.30. The lowest BCUT2D eigenvalue weighted by Crippen LogP contribution is -2.47. The number of carbonyl (C=O) groups excluding carboxylic acids is 1. The lowest BCUT2D eigenvalue weighted by Gasteiger charge is -2.31. The molecule has 0 aromatic heterocycles. The first-order valence-corrected chi connectivity index (χ1v) is 6.88. The third-order valence-electron chi connectivity index (χ3n) is 3.33. The van der Waals surface area contributed by atoms with E-state index in [9.17, 15) is 18.0 Å². The molecule has 0 unspecified atom stereocenters. The summed E-state index contributed by atoms with van der Waals surface area (Å²) in [5.74, 6) is -0.501. The van der Waals surface area contributed by atoms with Crippen LogP contribution in [0.3, 0.4) is 0 Å². The normalized spacial score (nSPS) is 16.5. The number of ether oxygens (including phenoxy) is 1. The zero-order valence-corrected chi connectivity index (χ0v) is 13.4. The average Bonchev–Trinajstić information content (AvgIpc) is 2.42. The van der Waals surface area contributed by atoms with Crippen LogP contribution in [0.2, 0.25) is 0 Å². The van der Waals surface area contributed by atoms with Crippen molar-refractivity contribution in [2.45, 2.75) is 6.36 Å². The van der Waals surface area contributed by atoms with Crippen LogP contribution in [0.25, 0.3) is 0 Å². The Labute approximate surface area is 138 Å². The van der Waals surface area contributed by atoms with Gasteiger partial charge in [0.15, 0.2) is 0 Å². The number of hydrogen-bond donors (Lipinski definition) is 1. The van der Waals surface area contributed by atoms with Crippen LogP contribution in [-0.2, 0) is 4.79 Å². The van der Waals surface area contributed by atoms with E-state index in [2.05, 4.69) is 15.0 Å². The van der Waals surface area contributed by atoms with Gasteiger partial charge >= 0.3 is 6.36 Å². The zero-order valence-electron chi connectivity index (χ0n) is 12.6. The second-order valence-electron chi connectivity index (χ2n) is 5.20. The van der Waals surface area contributed by atoms with Crippen LogP contribution in [0.4, 0.5) is 18.9 Å². The molecule has 9 heteroatoms. The summed E-state index contributed by atoms with van der Waals surface area (Å²) in [7, 11) is 2.03. The summed E-state index contributed by atoms with van der Waals surface area (Å²) < 4.78 is 39.9. The van der Waals surface area contributed by atoms with Crippen LogP contribution in [0.1, 0.15) is 0 Å². The second-order valence-corrected chi connectivity index (χ2v) is 5.20. The molecule has 130 valence electrons. The molecule has 1 aromatic carbocycles. The highest BCUT2D eigenvalue weighted by molar-refractivity contribution is 5.92. The lowest BCUT2D eigenvalue weighted by molar-refractivity contribution is -0.274. The molecule has 1 aliphatic heterocycles. The minimum Gasteiger partial charge on any atom is -0.406 e. The molecule has 1 N–H and O–H groups in total. The van der Waals surface area contributed by atoms with Gasteiger partial charge in [-0.15, -0.1) is 25.6 Å². The molecule has 2 rings (SSSR count). The first-order chi connectivity index (χ1) is 10.3. The molecular formula is C14H19ClF3N3O2. The Morgan fingerprint density at radius 3 is 2.26 bits per heavy atom. The first-order valence-electron chi connectivity index (χ1n) is 6.88. The fourth-order valence-electron chi connectivity index (χ4n) is 2.15. The van der Waals surface area contributed by atoms with E-state index in [1.54, 1.807) is 0 Å². The largest absolute Gasteiger partial charge is 0.573 e. The molecule has 0 aliphatic carbocycles. The van der Waals surface area contributed by atoms with Crippen molar-refractivity contribution in [1.29, 1.82) is 0 Å². The molecule has 5 nitrogen and oxygen atoms in total. The monoisotopic (exact) mass is 353 g/mol. The molecular weight excluding hydrogens is 335 g/mol. The Morgan fingerprint density at radius 2 is 1.74 bits per heavy atom. The number of carbonyl (C=O) groups is 1. The molecule has 1 amide bonds. The van der Waals surface area contributed by atoms with E-state index in [1.165, 1.54) is 24.3 Å². The Kier molecular flexibility index (Phi) is 7.11. The number of rotatable bonds is 4. The molecule has 1 aliphatic rings. The summed E-state index contributed by atoms with van der Waals surface area (Å²) in [6, 6.07) is 5.09. The van der Waals surface area contributed by atoms with E-state index in [-0.39, 0.29) is 30.6 Å². The zero-order chi connectivity index (χ0) is 16.2. The number of likely N-dealkylation sites (N-methyl/N-ethyl adjacent to an activating group) is 1. The summed E-state index contributed by atoms with van der Waals surface area (Å²) in [4.78, 5) is 16.1. The first kappa shape index (κ1) is 19.5. The predicted molar refractivity (Wildman–Crippen MR) is 82.9 cm³/mol. The van der Waals surface area contributed by atoms with Crippen LogP contribution in [0.5, 0.6) is 5.75 Å². The minimum atomic E-state index is -4.72. The SMILES string of the molecule is CN1CCN(CC(=O)Nc2ccc(OC(F)(F)F)cc2)CC1.Cl. The third-order valence-corrected chi connectivity index (χ3v) is 3.33. The fraction of sp³-hybridized carbons (Fsp3) is 0.500. The number of amides is 1. The van der Waals surface area contributed by atoms with Crippen molar-refractivity contribution in [2.24, 2.45) is 0 Å². The molecule has 0 atom stereocenters. The van der Waals surface area contributed by atoms with E-state index >= 15 is 0 Å². The summed E-state index contributed by atoms with van der Waals surface area (Å²) >= 11 is 0. The van der Waals surface area contributed by atoms with Gasteiger partial charge in [-0.2, -0.15) is 0 Å². The van der Waals surface area contributed by atoms with Gasteiger partial charge < -0.3 is 15.0 Å². The van der Waals surface area contributed by atoms with Gasteiger partial charge in [0.25, 0.3) is 0 Å². The maximum atomic E-state index is 12.0. The number of nitrogens with zero attached hydrogens (tertiary/aromatic N) is 2. The van der Waals surface area contributed by atoms with Crippen molar-refractivity contribution < 1.29 is 22.7 Å². The Bertz CT molecular complexity index is 503. The summed E-state index contributed by atoms with van der Waals surface area (Å²) in [5, 5.41) is 2.66. The predicted octanol–water partition coefficient (Wildman–Crippen LogP) is 2.19. The topological polar surface area (TPSA) is 44.8 Å². The maximum absolute atomic E-state index is 12.0. The quantitative estimate of drug-likeness (QED) is 0.901. The number of benzene rings is 1. The number of alkyl halides is 3. The summed E-state index contributed by atoms with van der Waals surface area (Å²) in [6.45, 7) is 3.74. The summed E-state index contributed by atoms with van der Waals surface area (Å²) in [5.41, 5.74) is 0.439. The van der Waals surface area contributed by atoms with Gasteiger partial charge in [0, 0.05) is 31.9 Å². The Balaban J connectivity index is 0.00000264. The molecule has 23 heavy (non-hydrogen) atoms. The molecule has 1 aromatic rings. The van der Waals surface area contributed by atoms with Crippen LogP contribution < -0.4 is 10.1 Å². The number of hydrogen-bond acceptors (Lipinski definition) is 4. The number of nitrogens with one attached hydrogen (secondary N) is 1. The van der Waals surface area contributed by atoms with Gasteiger partial charge in [-0.05, 0) is 31.3 Å². The van der Waals surface area contributed by atoms with Crippen molar-refractivity contribution >= 4 is 24.0 Å². The third kappa shape index (κ3) is 7.06. The number of anilines is 1. The Morgan fingerprint density at radius 1 is 1.17 bits per heavy atom. The fourth-order valence-corrected chi connectivity index (χ4v) is 2.15. The van der Waals surface area contributed by atoms with Crippen LogP contribution in [-0.4, -0.2) is 61.8 Å². The molecule has 0 radical (unpaired) electrons. The van der Waals surface area contributed by atoms with E-state index < -0.39 is 6.36 Å². The van der Waals surface area contributed by atoms with E-state index in [0.717, 1.165) is 26.2 Å². The molecule has 1 fully saturated rings. The van der Waals surface area contributed by atoms with Crippen molar-refractivity contribution in [3.63, 3.8) is 0 Å².